The van der Waals surface area contributed by atoms with E-state index >= 15 is 0 Å². The van der Waals surface area contributed by atoms with Crippen LogP contribution in [0.25, 0.3) is 16.2 Å². The van der Waals surface area contributed by atoms with Gasteiger partial charge in [-0.05, 0) is 38.0 Å². The third-order valence-corrected chi connectivity index (χ3v) is 4.47. The minimum absolute atomic E-state index is 0.375. The van der Waals surface area contributed by atoms with Gasteiger partial charge >= 0.3 is 0 Å². The number of hydrogen-bond donors (Lipinski definition) is 0. The molecule has 1 aromatic carbocycles. The number of thiazole rings is 1. The first-order valence-corrected chi connectivity index (χ1v) is 7.33. The molecule has 2 aromatic heterocycles. The lowest BCUT2D eigenvalue weighted by Gasteiger charge is -2.04. The van der Waals surface area contributed by atoms with Crippen LogP contribution in [0.1, 0.15) is 21.7 Å². The highest BCUT2D eigenvalue weighted by molar-refractivity contribution is 7.17. The molecule has 0 spiro atoms. The maximum atomic E-state index is 9.09. The number of imidazole rings is 1. The summed E-state index contributed by atoms with van der Waals surface area (Å²) in [5.41, 5.74) is 5.52. The molecular weight excluding hydrogens is 266 g/mol. The van der Waals surface area contributed by atoms with Crippen LogP contribution in [0.5, 0.6) is 0 Å². The molecule has 0 unspecified atom stereocenters. The molecule has 0 aliphatic carbocycles. The molecule has 0 radical (unpaired) electrons. The number of hydrogen-bond acceptors (Lipinski definition) is 3. The molecule has 0 saturated heterocycles. The van der Waals surface area contributed by atoms with E-state index in [1.165, 1.54) is 16.0 Å². The number of nitrogens with zero attached hydrogens (tertiary/aromatic N) is 3. The number of fused-ring (bicyclic) bond motifs is 1. The molecule has 20 heavy (non-hydrogen) atoms. The van der Waals surface area contributed by atoms with Crippen molar-refractivity contribution in [2.24, 2.45) is 0 Å². The lowest BCUT2D eigenvalue weighted by molar-refractivity contribution is 1.07. The van der Waals surface area contributed by atoms with Gasteiger partial charge < -0.3 is 0 Å². The van der Waals surface area contributed by atoms with Crippen molar-refractivity contribution in [1.82, 2.24) is 9.38 Å². The fourth-order valence-corrected chi connectivity index (χ4v) is 3.21. The fourth-order valence-electron chi connectivity index (χ4n) is 2.36. The van der Waals surface area contributed by atoms with Gasteiger partial charge in [-0.2, -0.15) is 5.26 Å². The second-order valence-electron chi connectivity index (χ2n) is 5.04. The smallest absolute Gasteiger partial charge is 0.194 e. The van der Waals surface area contributed by atoms with Gasteiger partial charge in [-0.15, -0.1) is 11.3 Å². The van der Waals surface area contributed by atoms with E-state index in [-0.39, 0.29) is 0 Å². The molecule has 0 atom stereocenters. The van der Waals surface area contributed by atoms with Crippen LogP contribution in [0, 0.1) is 32.1 Å². The molecule has 0 N–H and O–H groups in total. The first-order valence-electron chi connectivity index (χ1n) is 6.52. The minimum Gasteiger partial charge on any atom is -0.293 e. The van der Waals surface area contributed by atoms with Gasteiger partial charge in [-0.3, -0.25) is 4.40 Å². The summed E-state index contributed by atoms with van der Waals surface area (Å²) in [6.07, 6.45) is 2.43. The predicted octanol–water partition coefficient (Wildman–Crippen LogP) is 4.05. The SMILES string of the molecule is Cc1cn2c(CC#N)c(-c3ccc(C)c(C)c3)nc2s1. The average Bonchev–Trinajstić information content (AvgIpc) is 2.91. The fraction of sp³-hybridized carbons (Fsp3) is 0.250. The Morgan fingerprint density at radius 2 is 2.05 bits per heavy atom. The van der Waals surface area contributed by atoms with Crippen LogP contribution < -0.4 is 0 Å². The van der Waals surface area contributed by atoms with E-state index in [1.807, 2.05) is 4.40 Å². The van der Waals surface area contributed by atoms with Gasteiger partial charge in [0.25, 0.3) is 0 Å². The van der Waals surface area contributed by atoms with E-state index in [2.05, 4.69) is 51.2 Å². The van der Waals surface area contributed by atoms with Gasteiger partial charge in [0.2, 0.25) is 0 Å². The molecule has 0 aliphatic rings. The zero-order chi connectivity index (χ0) is 14.3. The minimum atomic E-state index is 0.375. The van der Waals surface area contributed by atoms with Gasteiger partial charge in [0.15, 0.2) is 4.96 Å². The van der Waals surface area contributed by atoms with Crippen molar-refractivity contribution >= 4 is 16.3 Å². The summed E-state index contributed by atoms with van der Waals surface area (Å²) in [7, 11) is 0. The molecule has 0 aliphatic heterocycles. The monoisotopic (exact) mass is 281 g/mol. The zero-order valence-electron chi connectivity index (χ0n) is 11.8. The summed E-state index contributed by atoms with van der Waals surface area (Å²) < 4.78 is 2.05. The third-order valence-electron chi connectivity index (χ3n) is 3.57. The van der Waals surface area contributed by atoms with E-state index in [0.29, 0.717) is 6.42 Å². The highest BCUT2D eigenvalue weighted by Gasteiger charge is 2.15. The third kappa shape index (κ3) is 2.00. The summed E-state index contributed by atoms with van der Waals surface area (Å²) in [5, 5.41) is 9.09. The zero-order valence-corrected chi connectivity index (χ0v) is 12.6. The Balaban J connectivity index is 2.24. The summed E-state index contributed by atoms with van der Waals surface area (Å²) in [6.45, 7) is 6.26. The van der Waals surface area contributed by atoms with E-state index < -0.39 is 0 Å². The predicted molar refractivity (Wildman–Crippen MR) is 82.0 cm³/mol. The molecule has 2 heterocycles. The van der Waals surface area contributed by atoms with Crippen LogP contribution >= 0.6 is 11.3 Å². The van der Waals surface area contributed by atoms with Crippen molar-refractivity contribution in [2.75, 3.05) is 0 Å². The van der Waals surface area contributed by atoms with Gasteiger partial charge in [-0.1, -0.05) is 12.1 Å². The first-order chi connectivity index (χ1) is 9.60. The molecule has 4 heteroatoms. The number of aryl methyl sites for hydroxylation is 3. The molecule has 100 valence electrons. The van der Waals surface area contributed by atoms with Crippen molar-refractivity contribution in [2.45, 2.75) is 27.2 Å². The summed E-state index contributed by atoms with van der Waals surface area (Å²) in [4.78, 5) is 6.89. The average molecular weight is 281 g/mol. The van der Waals surface area contributed by atoms with Gasteiger partial charge in [0.1, 0.15) is 0 Å². The van der Waals surface area contributed by atoms with Crippen LogP contribution in [-0.2, 0) is 6.42 Å². The van der Waals surface area contributed by atoms with Gasteiger partial charge in [0.05, 0.1) is 23.9 Å². The number of aromatic nitrogens is 2. The molecule has 0 saturated carbocycles. The number of rotatable bonds is 2. The number of nitriles is 1. The van der Waals surface area contributed by atoms with E-state index in [1.54, 1.807) is 11.3 Å². The Labute approximate surface area is 122 Å². The maximum absolute atomic E-state index is 9.09. The van der Waals surface area contributed by atoms with E-state index in [9.17, 15) is 0 Å². The van der Waals surface area contributed by atoms with Crippen LogP contribution in [0.3, 0.4) is 0 Å². The molecule has 0 amide bonds. The van der Waals surface area contributed by atoms with E-state index in [0.717, 1.165) is 21.9 Å². The topological polar surface area (TPSA) is 41.1 Å². The summed E-state index contributed by atoms with van der Waals surface area (Å²) >= 11 is 1.66. The normalized spacial score (nSPS) is 10.9. The maximum Gasteiger partial charge on any atom is 0.194 e. The van der Waals surface area contributed by atoms with Crippen molar-refractivity contribution < 1.29 is 0 Å². The number of benzene rings is 1. The Bertz CT molecular complexity index is 833. The Morgan fingerprint density at radius 3 is 2.75 bits per heavy atom. The van der Waals surface area contributed by atoms with Crippen molar-refractivity contribution in [3.05, 3.63) is 46.1 Å². The Morgan fingerprint density at radius 1 is 1.25 bits per heavy atom. The van der Waals surface area contributed by atoms with Gasteiger partial charge in [-0.25, -0.2) is 4.98 Å². The van der Waals surface area contributed by atoms with E-state index in [4.69, 9.17) is 10.2 Å². The second-order valence-corrected chi connectivity index (χ2v) is 6.25. The second kappa shape index (κ2) is 4.77. The lowest BCUT2D eigenvalue weighted by atomic mass is 10.0. The quantitative estimate of drug-likeness (QED) is 0.711. The van der Waals surface area contributed by atoms with Crippen molar-refractivity contribution in [3.63, 3.8) is 0 Å². The molecule has 0 bridgehead atoms. The molecule has 3 rings (SSSR count). The van der Waals surface area contributed by atoms with Crippen LogP contribution in [0.15, 0.2) is 24.4 Å². The van der Waals surface area contributed by atoms with Crippen LogP contribution in [0.4, 0.5) is 0 Å². The Kier molecular flexibility index (Phi) is 3.07. The van der Waals surface area contributed by atoms with Crippen molar-refractivity contribution in [1.29, 1.82) is 5.26 Å². The van der Waals surface area contributed by atoms with Crippen molar-refractivity contribution in [3.8, 4) is 17.3 Å². The first kappa shape index (κ1) is 12.9. The highest BCUT2D eigenvalue weighted by atomic mass is 32.1. The lowest BCUT2D eigenvalue weighted by Crippen LogP contribution is -1.92. The largest absolute Gasteiger partial charge is 0.293 e. The van der Waals surface area contributed by atoms with Crippen LogP contribution in [-0.4, -0.2) is 9.38 Å². The highest BCUT2D eigenvalue weighted by Crippen LogP contribution is 2.29. The molecule has 3 nitrogen and oxygen atoms in total. The van der Waals surface area contributed by atoms with Gasteiger partial charge in [0, 0.05) is 16.6 Å². The summed E-state index contributed by atoms with van der Waals surface area (Å²) in [6, 6.07) is 8.60. The van der Waals surface area contributed by atoms with Crippen LogP contribution in [0.2, 0.25) is 0 Å². The standard InChI is InChI=1S/C16H15N3S/c1-10-4-5-13(8-11(10)2)15-14(6-7-17)19-9-12(3)20-16(19)18-15/h4-5,8-9H,6H2,1-3H3. The molecular formula is C16H15N3S. The summed E-state index contributed by atoms with van der Waals surface area (Å²) in [5.74, 6) is 0. The molecule has 3 aromatic rings. The Hall–Kier alpha value is -2.12. The molecule has 0 fully saturated rings.